The molecule has 0 aliphatic carbocycles. The van der Waals surface area contributed by atoms with Crippen molar-refractivity contribution in [1.29, 1.82) is 0 Å². The topological polar surface area (TPSA) is 123 Å². The van der Waals surface area contributed by atoms with Crippen LogP contribution in [-0.4, -0.2) is 18.6 Å². The first-order valence-electron chi connectivity index (χ1n) is 5.35. The van der Waals surface area contributed by atoms with Crippen LogP contribution in [0.3, 0.4) is 0 Å². The summed E-state index contributed by atoms with van der Waals surface area (Å²) in [5.41, 5.74) is 3.07. The Morgan fingerprint density at radius 1 is 1.47 bits per heavy atom. The lowest BCUT2D eigenvalue weighted by molar-refractivity contribution is 0.390. The van der Waals surface area contributed by atoms with Crippen molar-refractivity contribution >= 4 is 15.7 Å². The highest BCUT2D eigenvalue weighted by molar-refractivity contribution is 7.89. The number of hydrogen-bond donors (Lipinski definition) is 3. The van der Waals surface area contributed by atoms with E-state index in [4.69, 9.17) is 10.4 Å². The quantitative estimate of drug-likeness (QED) is 0.527. The summed E-state index contributed by atoms with van der Waals surface area (Å²) in [7, 11) is -3.73. The number of anilines is 1. The lowest BCUT2D eigenvalue weighted by Gasteiger charge is -2.09. The Kier molecular flexibility index (Phi) is 3.79. The Labute approximate surface area is 110 Å². The van der Waals surface area contributed by atoms with Gasteiger partial charge >= 0.3 is 0 Å². The standard InChI is InChI=1S/C10H13N5O3S/c1-7-4-8(15-18-7)5-13-19(16,17)10-6-12-3-2-9(10)14-11/h2-4,6,13H,5,11H2,1H3,(H,12,14). The van der Waals surface area contributed by atoms with Crippen LogP contribution < -0.4 is 16.0 Å². The van der Waals surface area contributed by atoms with Crippen molar-refractivity contribution in [3.63, 3.8) is 0 Å². The molecule has 0 saturated carbocycles. The van der Waals surface area contributed by atoms with Crippen LogP contribution in [0.2, 0.25) is 0 Å². The van der Waals surface area contributed by atoms with Crippen molar-refractivity contribution in [3.05, 3.63) is 36.0 Å². The highest BCUT2D eigenvalue weighted by atomic mass is 32.2. The van der Waals surface area contributed by atoms with Gasteiger partial charge in [-0.3, -0.25) is 10.8 Å². The molecule has 0 aromatic carbocycles. The van der Waals surface area contributed by atoms with Crippen molar-refractivity contribution in [2.24, 2.45) is 5.84 Å². The van der Waals surface area contributed by atoms with Gasteiger partial charge in [0.2, 0.25) is 10.0 Å². The van der Waals surface area contributed by atoms with Crippen LogP contribution in [0.4, 0.5) is 5.69 Å². The Morgan fingerprint density at radius 2 is 2.26 bits per heavy atom. The molecule has 19 heavy (non-hydrogen) atoms. The summed E-state index contributed by atoms with van der Waals surface area (Å²) in [6.07, 6.45) is 2.65. The Morgan fingerprint density at radius 3 is 2.89 bits per heavy atom. The zero-order chi connectivity index (χ0) is 13.9. The van der Waals surface area contributed by atoms with Gasteiger partial charge in [0.25, 0.3) is 0 Å². The van der Waals surface area contributed by atoms with E-state index in [0.29, 0.717) is 11.5 Å². The summed E-state index contributed by atoms with van der Waals surface area (Å²) < 4.78 is 31.4. The summed E-state index contributed by atoms with van der Waals surface area (Å²) in [6.45, 7) is 1.75. The predicted octanol–water partition coefficient (Wildman–Crippen LogP) is 0.142. The first-order valence-corrected chi connectivity index (χ1v) is 6.84. The number of hydrazine groups is 1. The smallest absolute Gasteiger partial charge is 0.244 e. The lowest BCUT2D eigenvalue weighted by Crippen LogP contribution is -2.25. The number of rotatable bonds is 5. The number of nitrogens with two attached hydrogens (primary N) is 1. The molecular weight excluding hydrogens is 270 g/mol. The van der Waals surface area contributed by atoms with Crippen molar-refractivity contribution in [2.75, 3.05) is 5.43 Å². The van der Waals surface area contributed by atoms with Gasteiger partial charge in [0, 0.05) is 18.5 Å². The fourth-order valence-electron chi connectivity index (χ4n) is 1.46. The number of nitrogens with zero attached hydrogens (tertiary/aromatic N) is 2. The Bertz CT molecular complexity index is 667. The number of aryl methyl sites for hydroxylation is 1. The SMILES string of the molecule is Cc1cc(CNS(=O)(=O)c2cnccc2NN)no1. The van der Waals surface area contributed by atoms with Gasteiger partial charge in [-0.25, -0.2) is 13.1 Å². The predicted molar refractivity (Wildman–Crippen MR) is 67.3 cm³/mol. The van der Waals surface area contributed by atoms with Crippen molar-refractivity contribution in [1.82, 2.24) is 14.9 Å². The first-order chi connectivity index (χ1) is 9.03. The monoisotopic (exact) mass is 283 g/mol. The van der Waals surface area contributed by atoms with E-state index >= 15 is 0 Å². The normalized spacial score (nSPS) is 11.5. The van der Waals surface area contributed by atoms with E-state index in [0.717, 1.165) is 0 Å². The van der Waals surface area contributed by atoms with Gasteiger partial charge in [-0.1, -0.05) is 5.16 Å². The molecule has 4 N–H and O–H groups in total. The van der Waals surface area contributed by atoms with E-state index in [2.05, 4.69) is 20.3 Å². The molecule has 102 valence electrons. The van der Waals surface area contributed by atoms with Crippen molar-refractivity contribution in [3.8, 4) is 0 Å². The van der Waals surface area contributed by atoms with Gasteiger partial charge < -0.3 is 9.95 Å². The molecule has 0 saturated heterocycles. The molecule has 0 unspecified atom stereocenters. The molecule has 2 rings (SSSR count). The van der Waals surface area contributed by atoms with Gasteiger partial charge in [0.05, 0.1) is 17.9 Å². The highest BCUT2D eigenvalue weighted by Crippen LogP contribution is 2.18. The van der Waals surface area contributed by atoms with Crippen molar-refractivity contribution < 1.29 is 12.9 Å². The summed E-state index contributed by atoms with van der Waals surface area (Å²) in [5, 5.41) is 3.70. The average molecular weight is 283 g/mol. The summed E-state index contributed by atoms with van der Waals surface area (Å²) >= 11 is 0. The number of nitrogens with one attached hydrogen (secondary N) is 2. The van der Waals surface area contributed by atoms with Crippen LogP contribution in [0.5, 0.6) is 0 Å². The molecule has 0 atom stereocenters. The minimum atomic E-state index is -3.73. The largest absolute Gasteiger partial charge is 0.361 e. The summed E-state index contributed by atoms with van der Waals surface area (Å²) in [6, 6.07) is 3.11. The van der Waals surface area contributed by atoms with E-state index in [1.54, 1.807) is 13.0 Å². The molecule has 0 spiro atoms. The van der Waals surface area contributed by atoms with E-state index < -0.39 is 10.0 Å². The second-order valence-electron chi connectivity index (χ2n) is 3.77. The molecule has 9 heteroatoms. The van der Waals surface area contributed by atoms with E-state index in [9.17, 15) is 8.42 Å². The lowest BCUT2D eigenvalue weighted by atomic mass is 10.4. The number of hydrogen-bond acceptors (Lipinski definition) is 7. The molecular formula is C10H13N5O3S. The molecule has 0 aliphatic rings. The molecule has 2 aromatic rings. The number of nitrogen functional groups attached to an aromatic ring is 1. The van der Waals surface area contributed by atoms with Crippen LogP contribution in [-0.2, 0) is 16.6 Å². The van der Waals surface area contributed by atoms with Crippen LogP contribution in [0.25, 0.3) is 0 Å². The average Bonchev–Trinajstić information content (AvgIpc) is 2.82. The number of pyridine rings is 1. The number of sulfonamides is 1. The van der Waals surface area contributed by atoms with Crippen LogP contribution >= 0.6 is 0 Å². The maximum absolute atomic E-state index is 12.1. The molecule has 8 nitrogen and oxygen atoms in total. The second-order valence-corrected chi connectivity index (χ2v) is 5.50. The highest BCUT2D eigenvalue weighted by Gasteiger charge is 2.18. The third-order valence-electron chi connectivity index (χ3n) is 2.35. The molecule has 0 bridgehead atoms. The van der Waals surface area contributed by atoms with E-state index in [-0.39, 0.29) is 17.1 Å². The Balaban J connectivity index is 2.18. The minimum absolute atomic E-state index is 0.0264. The van der Waals surface area contributed by atoms with Gasteiger partial charge in [-0.05, 0) is 13.0 Å². The molecule has 0 amide bonds. The summed E-state index contributed by atoms with van der Waals surface area (Å²) in [4.78, 5) is 3.74. The maximum Gasteiger partial charge on any atom is 0.244 e. The number of aromatic nitrogens is 2. The first kappa shape index (κ1) is 13.5. The zero-order valence-corrected chi connectivity index (χ0v) is 10.9. The van der Waals surface area contributed by atoms with Crippen LogP contribution in [0, 0.1) is 6.92 Å². The molecule has 2 heterocycles. The fraction of sp³-hybridized carbons (Fsp3) is 0.200. The molecule has 2 aromatic heterocycles. The molecule has 0 fully saturated rings. The summed E-state index contributed by atoms with van der Waals surface area (Å²) in [5.74, 6) is 5.87. The Hall–Kier alpha value is -1.97. The third kappa shape index (κ3) is 3.08. The van der Waals surface area contributed by atoms with Crippen molar-refractivity contribution in [2.45, 2.75) is 18.4 Å². The maximum atomic E-state index is 12.1. The van der Waals surface area contributed by atoms with Gasteiger partial charge in [-0.2, -0.15) is 0 Å². The fourth-order valence-corrected chi connectivity index (χ4v) is 2.57. The van der Waals surface area contributed by atoms with Gasteiger partial charge in [0.15, 0.2) is 0 Å². The third-order valence-corrected chi connectivity index (χ3v) is 3.78. The zero-order valence-electron chi connectivity index (χ0n) is 10.1. The molecule has 0 aliphatic heterocycles. The minimum Gasteiger partial charge on any atom is -0.361 e. The van der Waals surface area contributed by atoms with Gasteiger partial charge in [0.1, 0.15) is 10.7 Å². The second kappa shape index (κ2) is 5.34. The van der Waals surface area contributed by atoms with E-state index in [1.165, 1.54) is 18.5 Å². The van der Waals surface area contributed by atoms with Gasteiger partial charge in [-0.15, -0.1) is 0 Å². The van der Waals surface area contributed by atoms with Crippen LogP contribution in [0.1, 0.15) is 11.5 Å². The van der Waals surface area contributed by atoms with E-state index in [1.807, 2.05) is 0 Å². The van der Waals surface area contributed by atoms with Crippen LogP contribution in [0.15, 0.2) is 33.9 Å². The molecule has 0 radical (unpaired) electrons.